The first-order chi connectivity index (χ1) is 8.49. The normalized spacial score (nSPS) is 10.7. The van der Waals surface area contributed by atoms with Crippen LogP contribution in [-0.4, -0.2) is 24.1 Å². The Hall–Kier alpha value is -1.69. The second-order valence-corrected chi connectivity index (χ2v) is 4.21. The maximum atomic E-state index is 13.1. The van der Waals surface area contributed by atoms with Crippen LogP contribution in [0.15, 0.2) is 18.2 Å². The minimum absolute atomic E-state index is 0.186. The number of nitro groups is 1. The Balaban J connectivity index is 2.44. The highest BCUT2D eigenvalue weighted by Gasteiger charge is 2.10. The highest BCUT2D eigenvalue weighted by molar-refractivity contribution is 5.38. The van der Waals surface area contributed by atoms with Gasteiger partial charge in [-0.1, -0.05) is 13.8 Å². The first-order valence-corrected chi connectivity index (χ1v) is 5.80. The van der Waals surface area contributed by atoms with E-state index in [0.717, 1.165) is 25.1 Å². The number of hydrogen-bond donors (Lipinski definition) is 1. The van der Waals surface area contributed by atoms with Gasteiger partial charge >= 0.3 is 0 Å². The number of nitrogens with one attached hydrogen (secondary N) is 1. The summed E-state index contributed by atoms with van der Waals surface area (Å²) in [7, 11) is 0. The Kier molecular flexibility index (Phi) is 5.51. The topological polar surface area (TPSA) is 64.4 Å². The van der Waals surface area contributed by atoms with Crippen LogP contribution in [0.2, 0.25) is 0 Å². The molecule has 1 rings (SSSR count). The number of rotatable bonds is 7. The van der Waals surface area contributed by atoms with Crippen molar-refractivity contribution < 1.29 is 14.1 Å². The van der Waals surface area contributed by atoms with Crippen LogP contribution < -0.4 is 10.1 Å². The molecule has 0 aromatic heterocycles. The third kappa shape index (κ3) is 5.09. The molecule has 0 saturated heterocycles. The van der Waals surface area contributed by atoms with Gasteiger partial charge < -0.3 is 10.1 Å². The average Bonchev–Trinajstić information content (AvgIpc) is 2.27. The van der Waals surface area contributed by atoms with E-state index in [1.807, 2.05) is 13.8 Å². The van der Waals surface area contributed by atoms with E-state index in [9.17, 15) is 14.5 Å². The van der Waals surface area contributed by atoms with E-state index in [4.69, 9.17) is 4.74 Å². The second kappa shape index (κ2) is 6.90. The van der Waals surface area contributed by atoms with Crippen LogP contribution in [0.1, 0.15) is 20.3 Å². The molecule has 0 atom stereocenters. The first-order valence-electron chi connectivity index (χ1n) is 5.80. The maximum absolute atomic E-state index is 13.1. The van der Waals surface area contributed by atoms with E-state index in [2.05, 4.69) is 5.32 Å². The monoisotopic (exact) mass is 256 g/mol. The van der Waals surface area contributed by atoms with Crippen molar-refractivity contribution in [2.45, 2.75) is 26.3 Å². The fourth-order valence-electron chi connectivity index (χ4n) is 1.39. The minimum Gasteiger partial charge on any atom is -0.493 e. The Labute approximate surface area is 105 Å². The molecule has 1 aromatic carbocycles. The van der Waals surface area contributed by atoms with Gasteiger partial charge in [-0.2, -0.15) is 0 Å². The average molecular weight is 256 g/mol. The quantitative estimate of drug-likeness (QED) is 0.462. The lowest BCUT2D eigenvalue weighted by atomic mass is 10.3. The summed E-state index contributed by atoms with van der Waals surface area (Å²) < 4.78 is 18.3. The van der Waals surface area contributed by atoms with Crippen molar-refractivity contribution >= 4 is 5.69 Å². The highest BCUT2D eigenvalue weighted by Crippen LogP contribution is 2.21. The number of non-ortho nitro benzene ring substituents is 1. The molecule has 5 nitrogen and oxygen atoms in total. The number of hydrogen-bond acceptors (Lipinski definition) is 4. The van der Waals surface area contributed by atoms with E-state index in [1.165, 1.54) is 6.07 Å². The van der Waals surface area contributed by atoms with Gasteiger partial charge in [0.25, 0.3) is 5.69 Å². The van der Waals surface area contributed by atoms with Crippen LogP contribution in [-0.2, 0) is 0 Å². The van der Waals surface area contributed by atoms with Crippen molar-refractivity contribution in [1.29, 1.82) is 0 Å². The maximum Gasteiger partial charge on any atom is 0.276 e. The lowest BCUT2D eigenvalue weighted by molar-refractivity contribution is -0.385. The molecule has 0 aliphatic carbocycles. The third-order valence-electron chi connectivity index (χ3n) is 2.21. The predicted octanol–water partition coefficient (Wildman–Crippen LogP) is 2.50. The zero-order valence-corrected chi connectivity index (χ0v) is 10.5. The number of ether oxygens (including phenoxy) is 1. The molecule has 0 radical (unpaired) electrons. The Morgan fingerprint density at radius 1 is 1.44 bits per heavy atom. The number of halogens is 1. The first kappa shape index (κ1) is 14.4. The van der Waals surface area contributed by atoms with Gasteiger partial charge in [-0.05, 0) is 13.0 Å². The molecule has 0 aliphatic rings. The van der Waals surface area contributed by atoms with Gasteiger partial charge in [0.05, 0.1) is 23.7 Å². The highest BCUT2D eigenvalue weighted by atomic mass is 19.1. The van der Waals surface area contributed by atoms with Crippen molar-refractivity contribution in [3.8, 4) is 5.75 Å². The molecule has 1 N–H and O–H groups in total. The molecule has 100 valence electrons. The van der Waals surface area contributed by atoms with Gasteiger partial charge in [-0.25, -0.2) is 4.39 Å². The van der Waals surface area contributed by atoms with Crippen molar-refractivity contribution in [3.05, 3.63) is 34.1 Å². The molecule has 0 aliphatic heterocycles. The second-order valence-electron chi connectivity index (χ2n) is 4.21. The molecule has 0 heterocycles. The third-order valence-corrected chi connectivity index (χ3v) is 2.21. The van der Waals surface area contributed by atoms with Crippen molar-refractivity contribution in [3.63, 3.8) is 0 Å². The molecule has 0 bridgehead atoms. The zero-order chi connectivity index (χ0) is 13.5. The summed E-state index contributed by atoms with van der Waals surface area (Å²) in [6.45, 7) is 5.25. The molecular formula is C12H17FN2O3. The smallest absolute Gasteiger partial charge is 0.276 e. The van der Waals surface area contributed by atoms with Crippen LogP contribution in [0, 0.1) is 15.9 Å². The molecule has 1 aromatic rings. The summed E-state index contributed by atoms with van der Waals surface area (Å²) in [5.74, 6) is -0.481. The molecule has 0 saturated carbocycles. The van der Waals surface area contributed by atoms with Crippen LogP contribution in [0.25, 0.3) is 0 Å². The van der Waals surface area contributed by atoms with Crippen molar-refractivity contribution in [2.24, 2.45) is 0 Å². The fourth-order valence-corrected chi connectivity index (χ4v) is 1.39. The summed E-state index contributed by atoms with van der Waals surface area (Å²) in [5.41, 5.74) is -0.301. The number of nitro benzene ring substituents is 1. The minimum atomic E-state index is -0.667. The van der Waals surface area contributed by atoms with Gasteiger partial charge in [0.1, 0.15) is 11.6 Å². The van der Waals surface area contributed by atoms with E-state index in [1.54, 1.807) is 0 Å². The number of benzene rings is 1. The Morgan fingerprint density at radius 2 is 2.17 bits per heavy atom. The van der Waals surface area contributed by atoms with Crippen molar-refractivity contribution in [2.75, 3.05) is 13.2 Å². The summed E-state index contributed by atoms with van der Waals surface area (Å²) in [4.78, 5) is 9.89. The summed E-state index contributed by atoms with van der Waals surface area (Å²) >= 11 is 0. The predicted molar refractivity (Wildman–Crippen MR) is 66.3 cm³/mol. The van der Waals surface area contributed by atoms with E-state index >= 15 is 0 Å². The van der Waals surface area contributed by atoms with E-state index in [-0.39, 0.29) is 11.4 Å². The number of nitrogens with zero attached hydrogens (tertiary/aromatic N) is 1. The van der Waals surface area contributed by atoms with Crippen LogP contribution in [0.3, 0.4) is 0 Å². The summed E-state index contributed by atoms with van der Waals surface area (Å²) in [6, 6.07) is 3.63. The van der Waals surface area contributed by atoms with Gasteiger partial charge in [-0.15, -0.1) is 0 Å². The van der Waals surface area contributed by atoms with Crippen molar-refractivity contribution in [1.82, 2.24) is 5.32 Å². The molecule has 0 fully saturated rings. The zero-order valence-electron chi connectivity index (χ0n) is 10.5. The molecule has 18 heavy (non-hydrogen) atoms. The summed E-state index contributed by atoms with van der Waals surface area (Å²) in [6.07, 6.45) is 0.752. The molecule has 6 heteroatoms. The van der Waals surface area contributed by atoms with E-state index < -0.39 is 10.7 Å². The summed E-state index contributed by atoms with van der Waals surface area (Å²) in [5, 5.41) is 13.7. The molecule has 0 unspecified atom stereocenters. The molecule has 0 amide bonds. The van der Waals surface area contributed by atoms with Crippen LogP contribution in [0.5, 0.6) is 5.75 Å². The SMILES string of the molecule is CC(C)NCCCOc1cc(F)cc([N+](=O)[O-])c1. The Morgan fingerprint density at radius 3 is 2.78 bits per heavy atom. The van der Waals surface area contributed by atoms with Crippen LogP contribution in [0.4, 0.5) is 10.1 Å². The lowest BCUT2D eigenvalue weighted by Gasteiger charge is -2.09. The van der Waals surface area contributed by atoms with Gasteiger partial charge in [0.2, 0.25) is 0 Å². The molecular weight excluding hydrogens is 239 g/mol. The fraction of sp³-hybridized carbons (Fsp3) is 0.500. The van der Waals surface area contributed by atoms with Gasteiger partial charge in [0.15, 0.2) is 0 Å². The Bertz CT molecular complexity index is 410. The lowest BCUT2D eigenvalue weighted by Crippen LogP contribution is -2.24. The molecule has 0 spiro atoms. The largest absolute Gasteiger partial charge is 0.493 e. The standard InChI is InChI=1S/C12H17FN2O3/c1-9(2)14-4-3-5-18-12-7-10(13)6-11(8-12)15(16)17/h6-9,14H,3-5H2,1-2H3. The van der Waals surface area contributed by atoms with Gasteiger partial charge in [0, 0.05) is 12.1 Å². The van der Waals surface area contributed by atoms with Gasteiger partial charge in [-0.3, -0.25) is 10.1 Å². The van der Waals surface area contributed by atoms with Crippen LogP contribution >= 0.6 is 0 Å². The van der Waals surface area contributed by atoms with E-state index in [0.29, 0.717) is 12.6 Å².